The second-order valence-corrected chi connectivity index (χ2v) is 4.23. The quantitative estimate of drug-likeness (QED) is 0.531. The lowest BCUT2D eigenvalue weighted by Crippen LogP contribution is -2.05. The average Bonchev–Trinajstić information content (AvgIpc) is 2.72. The Bertz CT molecular complexity index is 630. The maximum Gasteiger partial charge on any atom is 0.342 e. The van der Waals surface area contributed by atoms with Crippen molar-refractivity contribution < 1.29 is 14.1 Å². The topological polar surface area (TPSA) is 70.2 Å². The highest BCUT2D eigenvalue weighted by molar-refractivity contribution is 7.80. The van der Waals surface area contributed by atoms with Crippen molar-refractivity contribution in [1.82, 2.24) is 9.55 Å². The Morgan fingerprint density at radius 1 is 1.58 bits per heavy atom. The van der Waals surface area contributed by atoms with Crippen LogP contribution in [0.5, 0.6) is 5.75 Å². The molecule has 0 bridgehead atoms. The van der Waals surface area contributed by atoms with Crippen LogP contribution in [0.15, 0.2) is 29.3 Å². The molecule has 8 heteroatoms. The molecule has 1 heterocycles. The summed E-state index contributed by atoms with van der Waals surface area (Å²) in [5.74, 6) is 0.0603. The zero-order valence-electron chi connectivity index (χ0n) is 9.91. The van der Waals surface area contributed by atoms with Gasteiger partial charge in [-0.3, -0.25) is 0 Å². The minimum Gasteiger partial charge on any atom is -0.483 e. The summed E-state index contributed by atoms with van der Waals surface area (Å²) in [7, 11) is 1.52. The van der Waals surface area contributed by atoms with Crippen LogP contribution in [0, 0.1) is 15.9 Å². The van der Waals surface area contributed by atoms with E-state index in [9.17, 15) is 14.5 Å². The number of nitro groups is 1. The number of thiol groups is 1. The Morgan fingerprint density at radius 3 is 2.89 bits per heavy atom. The van der Waals surface area contributed by atoms with E-state index in [4.69, 9.17) is 4.74 Å². The van der Waals surface area contributed by atoms with Crippen molar-refractivity contribution in [3.8, 4) is 5.75 Å². The molecule has 0 spiro atoms. The SMILES string of the molecule is Cn1c([N+](=O)[O-])cnc1COc1ccc(S)c(F)c1. The molecule has 0 atom stereocenters. The molecule has 19 heavy (non-hydrogen) atoms. The van der Waals surface area contributed by atoms with Gasteiger partial charge in [-0.25, -0.2) is 13.9 Å². The van der Waals surface area contributed by atoms with Gasteiger partial charge in [-0.1, -0.05) is 0 Å². The zero-order valence-corrected chi connectivity index (χ0v) is 10.8. The molecule has 0 aliphatic carbocycles. The fourth-order valence-corrected chi connectivity index (χ4v) is 1.61. The first-order valence-electron chi connectivity index (χ1n) is 5.25. The monoisotopic (exact) mass is 283 g/mol. The highest BCUT2D eigenvalue weighted by Gasteiger charge is 2.16. The molecular formula is C11H10FN3O3S. The Labute approximate surface area is 113 Å². The van der Waals surface area contributed by atoms with Crippen molar-refractivity contribution in [2.75, 3.05) is 0 Å². The van der Waals surface area contributed by atoms with Crippen LogP contribution in [0.4, 0.5) is 10.2 Å². The second kappa shape index (κ2) is 5.27. The molecule has 0 aliphatic heterocycles. The largest absolute Gasteiger partial charge is 0.483 e. The van der Waals surface area contributed by atoms with Crippen LogP contribution in [0.25, 0.3) is 0 Å². The van der Waals surface area contributed by atoms with Crippen molar-refractivity contribution in [3.63, 3.8) is 0 Å². The van der Waals surface area contributed by atoms with Gasteiger partial charge in [0.1, 0.15) is 17.8 Å². The van der Waals surface area contributed by atoms with Crippen molar-refractivity contribution in [2.24, 2.45) is 7.05 Å². The maximum absolute atomic E-state index is 13.2. The Hall–Kier alpha value is -2.09. The average molecular weight is 283 g/mol. The van der Waals surface area contributed by atoms with Crippen LogP contribution in [-0.4, -0.2) is 14.5 Å². The van der Waals surface area contributed by atoms with E-state index >= 15 is 0 Å². The minimum absolute atomic E-state index is 0.00962. The van der Waals surface area contributed by atoms with E-state index in [0.29, 0.717) is 11.6 Å². The molecule has 2 aromatic rings. The number of aromatic nitrogens is 2. The summed E-state index contributed by atoms with van der Waals surface area (Å²) in [5.41, 5.74) is 0. The molecule has 1 aromatic heterocycles. The summed E-state index contributed by atoms with van der Waals surface area (Å²) < 4.78 is 19.9. The minimum atomic E-state index is -0.536. The predicted molar refractivity (Wildman–Crippen MR) is 67.8 cm³/mol. The number of ether oxygens (including phenoxy) is 1. The lowest BCUT2D eigenvalue weighted by molar-refractivity contribution is -0.391. The molecule has 0 saturated carbocycles. The van der Waals surface area contributed by atoms with E-state index in [-0.39, 0.29) is 17.3 Å². The zero-order chi connectivity index (χ0) is 14.0. The number of halogens is 1. The van der Waals surface area contributed by atoms with Gasteiger partial charge in [0.05, 0.1) is 7.05 Å². The summed E-state index contributed by atoms with van der Waals surface area (Å²) in [5, 5.41) is 10.6. The third-order valence-electron chi connectivity index (χ3n) is 2.53. The summed E-state index contributed by atoms with van der Waals surface area (Å²) in [6.07, 6.45) is 1.15. The van der Waals surface area contributed by atoms with E-state index in [2.05, 4.69) is 17.6 Å². The van der Waals surface area contributed by atoms with Gasteiger partial charge < -0.3 is 14.9 Å². The second-order valence-electron chi connectivity index (χ2n) is 3.75. The smallest absolute Gasteiger partial charge is 0.342 e. The highest BCUT2D eigenvalue weighted by atomic mass is 32.1. The molecule has 0 N–H and O–H groups in total. The molecule has 100 valence electrons. The summed E-state index contributed by atoms with van der Waals surface area (Å²) >= 11 is 3.90. The molecule has 0 unspecified atom stereocenters. The Kier molecular flexibility index (Phi) is 3.70. The summed E-state index contributed by atoms with van der Waals surface area (Å²) in [6, 6.07) is 4.22. The molecule has 2 rings (SSSR count). The third-order valence-corrected chi connectivity index (χ3v) is 2.90. The standard InChI is InChI=1S/C11H10FN3O3S/c1-14-10(13-5-11(14)15(16)17)6-18-7-2-3-9(19)8(12)4-7/h2-5,19H,6H2,1H3. The fourth-order valence-electron chi connectivity index (χ4n) is 1.47. The van der Waals surface area contributed by atoms with Crippen LogP contribution < -0.4 is 4.74 Å². The van der Waals surface area contributed by atoms with Gasteiger partial charge in [-0.05, 0) is 17.1 Å². The number of hydrogen-bond donors (Lipinski definition) is 1. The van der Waals surface area contributed by atoms with Gasteiger partial charge in [-0.2, -0.15) is 0 Å². The van der Waals surface area contributed by atoms with Gasteiger partial charge in [-0.15, -0.1) is 12.6 Å². The van der Waals surface area contributed by atoms with Gasteiger partial charge in [0, 0.05) is 11.0 Å². The van der Waals surface area contributed by atoms with Crippen molar-refractivity contribution >= 4 is 18.4 Å². The molecule has 0 aliphatic rings. The first kappa shape index (κ1) is 13.3. The maximum atomic E-state index is 13.2. The van der Waals surface area contributed by atoms with Gasteiger partial charge in [0.25, 0.3) is 0 Å². The summed E-state index contributed by atoms with van der Waals surface area (Å²) in [4.78, 5) is 14.2. The van der Waals surface area contributed by atoms with Gasteiger partial charge >= 0.3 is 5.82 Å². The molecule has 6 nitrogen and oxygen atoms in total. The lowest BCUT2D eigenvalue weighted by Gasteiger charge is -2.05. The van der Waals surface area contributed by atoms with E-state index in [0.717, 1.165) is 6.20 Å². The number of benzene rings is 1. The van der Waals surface area contributed by atoms with Crippen molar-refractivity contribution in [3.05, 3.63) is 46.2 Å². The fraction of sp³-hybridized carbons (Fsp3) is 0.182. The molecule has 0 fully saturated rings. The van der Waals surface area contributed by atoms with Crippen LogP contribution in [0.1, 0.15) is 5.82 Å². The van der Waals surface area contributed by atoms with Crippen molar-refractivity contribution in [2.45, 2.75) is 11.5 Å². The van der Waals surface area contributed by atoms with E-state index in [1.54, 1.807) is 6.07 Å². The number of hydrogen-bond acceptors (Lipinski definition) is 5. The Morgan fingerprint density at radius 2 is 2.32 bits per heavy atom. The molecule has 0 saturated heterocycles. The number of imidazole rings is 1. The van der Waals surface area contributed by atoms with Gasteiger partial charge in [0.15, 0.2) is 6.61 Å². The molecule has 1 aromatic carbocycles. The van der Waals surface area contributed by atoms with Crippen molar-refractivity contribution in [1.29, 1.82) is 0 Å². The van der Waals surface area contributed by atoms with E-state index in [1.807, 2.05) is 0 Å². The van der Waals surface area contributed by atoms with E-state index < -0.39 is 10.7 Å². The normalized spacial score (nSPS) is 10.5. The first-order valence-corrected chi connectivity index (χ1v) is 5.70. The molecule has 0 amide bonds. The third kappa shape index (κ3) is 2.84. The Balaban J connectivity index is 2.10. The van der Waals surface area contributed by atoms with Crippen LogP contribution in [0.3, 0.4) is 0 Å². The number of nitrogens with zero attached hydrogens (tertiary/aromatic N) is 3. The molecule has 0 radical (unpaired) electrons. The van der Waals surface area contributed by atoms with Gasteiger partial charge in [0.2, 0.25) is 5.82 Å². The highest BCUT2D eigenvalue weighted by Crippen LogP contribution is 2.20. The van der Waals surface area contributed by atoms with E-state index in [1.165, 1.54) is 23.7 Å². The lowest BCUT2D eigenvalue weighted by atomic mass is 10.3. The van der Waals surface area contributed by atoms with Crippen LogP contribution in [0.2, 0.25) is 0 Å². The predicted octanol–water partition coefficient (Wildman–Crippen LogP) is 2.34. The van der Waals surface area contributed by atoms with Crippen LogP contribution >= 0.6 is 12.6 Å². The first-order chi connectivity index (χ1) is 8.99. The summed E-state index contributed by atoms with van der Waals surface area (Å²) in [6.45, 7) is 0.00962. The van der Waals surface area contributed by atoms with Crippen LogP contribution in [-0.2, 0) is 13.7 Å². The molecular weight excluding hydrogens is 273 g/mol. The number of rotatable bonds is 4.